The Hall–Kier alpha value is -0.700. The van der Waals surface area contributed by atoms with Gasteiger partial charge in [0.2, 0.25) is 0 Å². The van der Waals surface area contributed by atoms with Crippen LogP contribution in [0.15, 0.2) is 0 Å². The average Bonchev–Trinajstić information content (AvgIpc) is 1.85. The highest BCUT2D eigenvalue weighted by Gasteiger charge is 1.85. The van der Waals surface area contributed by atoms with Crippen LogP contribution in [0.1, 0.15) is 0 Å². The van der Waals surface area contributed by atoms with E-state index in [-0.39, 0.29) is 10.2 Å². The molecule has 0 heterocycles. The normalized spacial score (nSPS) is 8.73. The summed E-state index contributed by atoms with van der Waals surface area (Å²) in [5, 5.41) is 0.337. The van der Waals surface area contributed by atoms with Crippen LogP contribution in [-0.2, 0) is 0 Å². The van der Waals surface area contributed by atoms with Crippen LogP contribution in [0, 0.1) is 0 Å². The molecule has 0 saturated heterocycles. The van der Waals surface area contributed by atoms with Crippen molar-refractivity contribution in [1.29, 1.82) is 0 Å². The van der Waals surface area contributed by atoms with Crippen LogP contribution in [0.3, 0.4) is 0 Å². The standard InChI is InChI=1S/C3H10N6S2/c4-2(10)8-6-1-7-9-3(5)11/h6-7H,1H2,(H3,4,8,10)(H3,5,9,11). The highest BCUT2D eigenvalue weighted by atomic mass is 32.1. The average molecular weight is 194 g/mol. The van der Waals surface area contributed by atoms with E-state index in [1.807, 2.05) is 0 Å². The Labute approximate surface area is 75.0 Å². The van der Waals surface area contributed by atoms with Gasteiger partial charge in [-0.25, -0.2) is 10.9 Å². The maximum Gasteiger partial charge on any atom is 0.178 e. The van der Waals surface area contributed by atoms with Crippen LogP contribution in [0.4, 0.5) is 0 Å². The fourth-order valence-corrected chi connectivity index (χ4v) is 0.451. The number of hydrogen-bond donors (Lipinski definition) is 6. The minimum Gasteiger partial charge on any atom is -0.375 e. The third-order valence-corrected chi connectivity index (χ3v) is 0.804. The molecule has 0 atom stereocenters. The van der Waals surface area contributed by atoms with Crippen LogP contribution >= 0.6 is 24.4 Å². The van der Waals surface area contributed by atoms with Gasteiger partial charge in [-0.2, -0.15) is 0 Å². The third-order valence-electron chi connectivity index (χ3n) is 0.600. The largest absolute Gasteiger partial charge is 0.375 e. The van der Waals surface area contributed by atoms with Gasteiger partial charge in [-0.05, 0) is 24.4 Å². The molecule has 0 bridgehead atoms. The van der Waals surface area contributed by atoms with E-state index >= 15 is 0 Å². The molecule has 11 heavy (non-hydrogen) atoms. The Morgan fingerprint density at radius 3 is 1.64 bits per heavy atom. The Kier molecular flexibility index (Phi) is 5.65. The number of rotatable bonds is 4. The second kappa shape index (κ2) is 6.04. The Morgan fingerprint density at radius 1 is 1.00 bits per heavy atom. The van der Waals surface area contributed by atoms with Crippen LogP contribution in [0.5, 0.6) is 0 Å². The van der Waals surface area contributed by atoms with Crippen LogP contribution < -0.4 is 33.2 Å². The van der Waals surface area contributed by atoms with Crippen molar-refractivity contribution in [2.24, 2.45) is 11.5 Å². The maximum absolute atomic E-state index is 5.09. The van der Waals surface area contributed by atoms with Gasteiger partial charge in [0, 0.05) is 0 Å². The monoisotopic (exact) mass is 194 g/mol. The van der Waals surface area contributed by atoms with Crippen molar-refractivity contribution >= 4 is 34.7 Å². The molecule has 6 nitrogen and oxygen atoms in total. The lowest BCUT2D eigenvalue weighted by atomic mass is 11.1. The van der Waals surface area contributed by atoms with Crippen LogP contribution in [0.25, 0.3) is 0 Å². The smallest absolute Gasteiger partial charge is 0.178 e. The summed E-state index contributed by atoms with van der Waals surface area (Å²) in [5.74, 6) is 0. The zero-order valence-corrected chi connectivity index (χ0v) is 7.31. The second-order valence-electron chi connectivity index (χ2n) is 1.51. The summed E-state index contributed by atoms with van der Waals surface area (Å²) >= 11 is 9.00. The third kappa shape index (κ3) is 9.30. The van der Waals surface area contributed by atoms with Crippen molar-refractivity contribution < 1.29 is 0 Å². The first kappa shape index (κ1) is 10.3. The van der Waals surface area contributed by atoms with Gasteiger partial charge in [-0.3, -0.25) is 10.9 Å². The minimum absolute atomic E-state index is 0.169. The van der Waals surface area contributed by atoms with E-state index in [0.717, 1.165) is 0 Å². The summed E-state index contributed by atoms with van der Waals surface area (Å²) < 4.78 is 0. The van der Waals surface area contributed by atoms with Crippen molar-refractivity contribution in [3.8, 4) is 0 Å². The minimum atomic E-state index is 0.169. The summed E-state index contributed by atoms with van der Waals surface area (Å²) in [5.41, 5.74) is 20.4. The van der Waals surface area contributed by atoms with Crippen molar-refractivity contribution in [1.82, 2.24) is 21.7 Å². The first-order chi connectivity index (χ1) is 5.13. The first-order valence-electron chi connectivity index (χ1n) is 2.69. The van der Waals surface area contributed by atoms with Crippen molar-refractivity contribution in [2.75, 3.05) is 6.67 Å². The van der Waals surface area contributed by atoms with E-state index in [1.54, 1.807) is 0 Å². The van der Waals surface area contributed by atoms with Crippen molar-refractivity contribution in [2.45, 2.75) is 0 Å². The van der Waals surface area contributed by atoms with Gasteiger partial charge in [-0.1, -0.05) is 0 Å². The van der Waals surface area contributed by atoms with E-state index in [2.05, 4.69) is 46.1 Å². The van der Waals surface area contributed by atoms with Gasteiger partial charge < -0.3 is 11.5 Å². The Bertz CT molecular complexity index is 131. The topological polar surface area (TPSA) is 100 Å². The number of hydrazine groups is 2. The van der Waals surface area contributed by atoms with Gasteiger partial charge in [-0.15, -0.1) is 0 Å². The van der Waals surface area contributed by atoms with Gasteiger partial charge >= 0.3 is 0 Å². The zero-order valence-electron chi connectivity index (χ0n) is 5.68. The molecule has 0 aromatic rings. The molecule has 0 unspecified atom stereocenters. The van der Waals surface area contributed by atoms with Crippen LogP contribution in [-0.4, -0.2) is 16.9 Å². The molecule has 0 amide bonds. The number of nitrogens with two attached hydrogens (primary N) is 2. The molecule has 64 valence electrons. The molecular formula is C3H10N6S2. The van der Waals surface area contributed by atoms with Gasteiger partial charge in [0.05, 0.1) is 6.67 Å². The second-order valence-corrected chi connectivity index (χ2v) is 2.39. The van der Waals surface area contributed by atoms with Crippen LogP contribution in [0.2, 0.25) is 0 Å². The molecule has 0 spiro atoms. The lowest BCUT2D eigenvalue weighted by Crippen LogP contribution is -2.50. The van der Waals surface area contributed by atoms with Gasteiger partial charge in [0.15, 0.2) is 10.2 Å². The quantitative estimate of drug-likeness (QED) is 0.128. The van der Waals surface area contributed by atoms with E-state index < -0.39 is 0 Å². The molecule has 0 saturated carbocycles. The first-order valence-corrected chi connectivity index (χ1v) is 3.51. The summed E-state index contributed by atoms with van der Waals surface area (Å²) in [7, 11) is 0. The molecule has 0 aliphatic rings. The zero-order chi connectivity index (χ0) is 8.69. The molecule has 0 aromatic carbocycles. The molecule has 0 fully saturated rings. The highest BCUT2D eigenvalue weighted by Crippen LogP contribution is 1.51. The molecule has 0 radical (unpaired) electrons. The molecule has 8 heteroatoms. The van der Waals surface area contributed by atoms with Crippen molar-refractivity contribution in [3.63, 3.8) is 0 Å². The molecule has 0 aliphatic heterocycles. The SMILES string of the molecule is NC(=S)NNCNNC(N)=S. The van der Waals surface area contributed by atoms with E-state index in [9.17, 15) is 0 Å². The predicted octanol–water partition coefficient (Wildman–Crippen LogP) is -2.38. The molecule has 0 aliphatic carbocycles. The Balaban J connectivity index is 3.03. The molecule has 0 rings (SSSR count). The summed E-state index contributed by atoms with van der Waals surface area (Å²) in [6.45, 7) is 0.384. The number of hydrogen-bond acceptors (Lipinski definition) is 4. The lowest BCUT2D eigenvalue weighted by molar-refractivity contribution is 0.541. The highest BCUT2D eigenvalue weighted by molar-refractivity contribution is 7.80. The van der Waals surface area contributed by atoms with E-state index in [0.29, 0.717) is 6.67 Å². The van der Waals surface area contributed by atoms with Crippen molar-refractivity contribution in [3.05, 3.63) is 0 Å². The molecule has 8 N–H and O–H groups in total. The van der Waals surface area contributed by atoms with E-state index in [1.165, 1.54) is 0 Å². The number of nitrogens with one attached hydrogen (secondary N) is 4. The van der Waals surface area contributed by atoms with E-state index in [4.69, 9.17) is 11.5 Å². The van der Waals surface area contributed by atoms with Gasteiger partial charge in [0.1, 0.15) is 0 Å². The molecular weight excluding hydrogens is 184 g/mol. The summed E-state index contributed by atoms with van der Waals surface area (Å²) in [4.78, 5) is 0. The molecule has 0 aromatic heterocycles. The maximum atomic E-state index is 5.09. The summed E-state index contributed by atoms with van der Waals surface area (Å²) in [6, 6.07) is 0. The Morgan fingerprint density at radius 2 is 1.36 bits per heavy atom. The fraction of sp³-hybridized carbons (Fsp3) is 0.333. The fourth-order valence-electron chi connectivity index (χ4n) is 0.307. The van der Waals surface area contributed by atoms with Gasteiger partial charge in [0.25, 0.3) is 0 Å². The number of thiocarbonyl (C=S) groups is 2. The summed E-state index contributed by atoms with van der Waals surface area (Å²) in [6.07, 6.45) is 0. The predicted molar refractivity (Wildman–Crippen MR) is 51.0 cm³/mol. The lowest BCUT2D eigenvalue weighted by Gasteiger charge is -2.08.